The highest BCUT2D eigenvalue weighted by molar-refractivity contribution is 7.10. The SMILES string of the molecule is C=CCN(CC(=O)N1CCc2sccc2[C@@H]1COc1ccccc1OC)C[C@@H](O)COC(C)C. The third-order valence-electron chi connectivity index (χ3n) is 5.72. The van der Waals surface area contributed by atoms with Gasteiger partial charge in [-0.3, -0.25) is 9.69 Å². The normalized spacial score (nSPS) is 16.4. The minimum absolute atomic E-state index is 0.00399. The van der Waals surface area contributed by atoms with Crippen molar-refractivity contribution in [1.82, 2.24) is 9.80 Å². The number of hydrogen-bond acceptors (Lipinski definition) is 7. The summed E-state index contributed by atoms with van der Waals surface area (Å²) in [4.78, 5) is 18.6. The molecule has 1 aliphatic heterocycles. The standard InChI is InChI=1S/C26H36N2O5S/c1-5-12-27(15-20(29)17-32-19(2)3)16-26(30)28-13-10-25-21(11-14-34-25)22(28)18-33-24-9-7-6-8-23(24)31-4/h5-9,11,14,19-20,22,29H,1,10,12-13,15-18H2,2-4H3/t20-,22+/m1/s1. The van der Waals surface area contributed by atoms with E-state index >= 15 is 0 Å². The smallest absolute Gasteiger partial charge is 0.237 e. The van der Waals surface area contributed by atoms with Crippen molar-refractivity contribution in [2.24, 2.45) is 0 Å². The highest BCUT2D eigenvalue weighted by Gasteiger charge is 2.33. The number of aliphatic hydroxyl groups excluding tert-OH is 1. The molecule has 1 amide bonds. The molecule has 0 aliphatic carbocycles. The number of nitrogens with zero attached hydrogens (tertiary/aromatic N) is 2. The van der Waals surface area contributed by atoms with E-state index in [2.05, 4.69) is 18.0 Å². The van der Waals surface area contributed by atoms with Crippen molar-refractivity contribution in [1.29, 1.82) is 0 Å². The zero-order valence-electron chi connectivity index (χ0n) is 20.3. The quantitative estimate of drug-likeness (QED) is 0.435. The minimum Gasteiger partial charge on any atom is -0.493 e. The average molecular weight is 489 g/mol. The van der Waals surface area contributed by atoms with Gasteiger partial charge >= 0.3 is 0 Å². The lowest BCUT2D eigenvalue weighted by Crippen LogP contribution is -2.48. The van der Waals surface area contributed by atoms with Gasteiger partial charge in [0.2, 0.25) is 5.91 Å². The predicted molar refractivity (Wildman–Crippen MR) is 135 cm³/mol. The van der Waals surface area contributed by atoms with Crippen molar-refractivity contribution in [2.75, 3.05) is 46.5 Å². The summed E-state index contributed by atoms with van der Waals surface area (Å²) in [5, 5.41) is 12.4. The van der Waals surface area contributed by atoms with Crippen LogP contribution >= 0.6 is 11.3 Å². The first-order valence-electron chi connectivity index (χ1n) is 11.7. The molecule has 0 unspecified atom stereocenters. The molecule has 3 rings (SSSR count). The summed E-state index contributed by atoms with van der Waals surface area (Å²) < 4.78 is 17.1. The number of benzene rings is 1. The van der Waals surface area contributed by atoms with Crippen LogP contribution in [0.4, 0.5) is 0 Å². The van der Waals surface area contributed by atoms with Crippen molar-refractivity contribution in [2.45, 2.75) is 38.5 Å². The molecule has 2 heterocycles. The Bertz CT molecular complexity index is 931. The van der Waals surface area contributed by atoms with Crippen LogP contribution in [-0.2, 0) is 16.0 Å². The number of hydrogen-bond donors (Lipinski definition) is 1. The van der Waals surface area contributed by atoms with E-state index < -0.39 is 6.10 Å². The molecule has 2 atom stereocenters. The molecule has 34 heavy (non-hydrogen) atoms. The third-order valence-corrected chi connectivity index (χ3v) is 6.71. The van der Waals surface area contributed by atoms with Crippen molar-refractivity contribution in [3.8, 4) is 11.5 Å². The predicted octanol–water partition coefficient (Wildman–Crippen LogP) is 3.54. The summed E-state index contributed by atoms with van der Waals surface area (Å²) in [6.45, 7) is 9.90. The topological polar surface area (TPSA) is 71.5 Å². The number of thiophene rings is 1. The van der Waals surface area contributed by atoms with Gasteiger partial charge in [-0.2, -0.15) is 0 Å². The monoisotopic (exact) mass is 488 g/mol. The second kappa shape index (κ2) is 12.9. The highest BCUT2D eigenvalue weighted by atomic mass is 32.1. The summed E-state index contributed by atoms with van der Waals surface area (Å²) >= 11 is 1.72. The maximum atomic E-state index is 13.5. The van der Waals surface area contributed by atoms with Crippen LogP contribution in [0.5, 0.6) is 11.5 Å². The Morgan fingerprint density at radius 2 is 2.09 bits per heavy atom. The van der Waals surface area contributed by atoms with Gasteiger partial charge in [0.05, 0.1) is 38.5 Å². The molecular weight excluding hydrogens is 452 g/mol. The van der Waals surface area contributed by atoms with E-state index in [4.69, 9.17) is 14.2 Å². The molecule has 0 spiro atoms. The van der Waals surface area contributed by atoms with Crippen molar-refractivity contribution in [3.05, 3.63) is 58.8 Å². The summed E-state index contributed by atoms with van der Waals surface area (Å²) in [5.41, 5.74) is 1.14. The second-order valence-electron chi connectivity index (χ2n) is 8.63. The summed E-state index contributed by atoms with van der Waals surface area (Å²) in [7, 11) is 1.62. The molecule has 1 aliphatic rings. The van der Waals surface area contributed by atoms with Gasteiger partial charge in [0, 0.05) is 24.5 Å². The van der Waals surface area contributed by atoms with Crippen molar-refractivity contribution >= 4 is 17.2 Å². The van der Waals surface area contributed by atoms with Gasteiger partial charge in [0.1, 0.15) is 6.61 Å². The fourth-order valence-corrected chi connectivity index (χ4v) is 5.03. The Morgan fingerprint density at radius 3 is 2.79 bits per heavy atom. The minimum atomic E-state index is -0.676. The van der Waals surface area contributed by atoms with E-state index in [0.717, 1.165) is 12.0 Å². The van der Waals surface area contributed by atoms with Crippen molar-refractivity contribution in [3.63, 3.8) is 0 Å². The van der Waals surface area contributed by atoms with Gasteiger partial charge in [-0.15, -0.1) is 17.9 Å². The number of rotatable bonds is 13. The number of para-hydroxylation sites is 2. The number of ether oxygens (including phenoxy) is 3. The first-order valence-corrected chi connectivity index (χ1v) is 12.5. The van der Waals surface area contributed by atoms with Crippen LogP contribution in [0.2, 0.25) is 0 Å². The Morgan fingerprint density at radius 1 is 1.32 bits per heavy atom. The van der Waals surface area contributed by atoms with Crippen LogP contribution in [0.3, 0.4) is 0 Å². The van der Waals surface area contributed by atoms with Gasteiger partial charge in [-0.25, -0.2) is 0 Å². The van der Waals surface area contributed by atoms with Crippen LogP contribution in [0.15, 0.2) is 48.4 Å². The average Bonchev–Trinajstić information content (AvgIpc) is 3.30. The van der Waals surface area contributed by atoms with Gasteiger partial charge < -0.3 is 24.2 Å². The second-order valence-corrected chi connectivity index (χ2v) is 9.63. The van der Waals surface area contributed by atoms with Gasteiger partial charge in [0.15, 0.2) is 11.5 Å². The first-order chi connectivity index (χ1) is 16.4. The molecular formula is C26H36N2O5S. The summed E-state index contributed by atoms with van der Waals surface area (Å²) in [6, 6.07) is 9.43. The molecule has 8 heteroatoms. The number of aliphatic hydroxyl groups is 1. The van der Waals surface area contributed by atoms with E-state index in [9.17, 15) is 9.90 Å². The van der Waals surface area contributed by atoms with Crippen LogP contribution in [0.1, 0.15) is 30.3 Å². The Balaban J connectivity index is 1.70. The zero-order chi connectivity index (χ0) is 24.5. The summed E-state index contributed by atoms with van der Waals surface area (Å²) in [6.07, 6.45) is 1.94. The van der Waals surface area contributed by atoms with Crippen LogP contribution < -0.4 is 9.47 Å². The number of fused-ring (bicyclic) bond motifs is 1. The van der Waals surface area contributed by atoms with E-state index in [1.54, 1.807) is 24.5 Å². The molecule has 1 N–H and O–H groups in total. The van der Waals surface area contributed by atoms with E-state index in [1.165, 1.54) is 4.88 Å². The lowest BCUT2D eigenvalue weighted by molar-refractivity contribution is -0.136. The van der Waals surface area contributed by atoms with Crippen LogP contribution in [0.25, 0.3) is 0 Å². The molecule has 1 aromatic heterocycles. The lowest BCUT2D eigenvalue weighted by Gasteiger charge is -2.37. The lowest BCUT2D eigenvalue weighted by atomic mass is 10.0. The summed E-state index contributed by atoms with van der Waals surface area (Å²) in [5.74, 6) is 1.32. The fraction of sp³-hybridized carbons (Fsp3) is 0.500. The molecule has 0 saturated heterocycles. The molecule has 0 fully saturated rings. The van der Waals surface area contributed by atoms with Crippen molar-refractivity contribution < 1.29 is 24.1 Å². The number of methoxy groups -OCH3 is 1. The maximum absolute atomic E-state index is 13.5. The zero-order valence-corrected chi connectivity index (χ0v) is 21.1. The molecule has 0 bridgehead atoms. The first kappa shape index (κ1) is 26.2. The number of amides is 1. The Hall–Kier alpha value is -2.39. The van der Waals surface area contributed by atoms with E-state index in [1.807, 2.05) is 47.9 Å². The highest BCUT2D eigenvalue weighted by Crippen LogP contribution is 2.35. The van der Waals surface area contributed by atoms with Crippen LogP contribution in [-0.4, -0.2) is 79.5 Å². The molecule has 1 aromatic carbocycles. The largest absolute Gasteiger partial charge is 0.493 e. The molecule has 7 nitrogen and oxygen atoms in total. The molecule has 2 aromatic rings. The van der Waals surface area contributed by atoms with Crippen LogP contribution in [0, 0.1) is 0 Å². The molecule has 0 saturated carbocycles. The van der Waals surface area contributed by atoms with Gasteiger partial charge in [0.25, 0.3) is 0 Å². The Labute approximate surface area is 206 Å². The molecule has 0 radical (unpaired) electrons. The van der Waals surface area contributed by atoms with Gasteiger partial charge in [-0.05, 0) is 49.4 Å². The van der Waals surface area contributed by atoms with E-state index in [-0.39, 0.29) is 31.2 Å². The number of carbonyl (C=O) groups is 1. The molecule has 186 valence electrons. The third kappa shape index (κ3) is 7.06. The number of carbonyl (C=O) groups excluding carboxylic acids is 1. The fourth-order valence-electron chi connectivity index (χ4n) is 4.10. The Kier molecular flexibility index (Phi) is 9.95. The van der Waals surface area contributed by atoms with Gasteiger partial charge in [-0.1, -0.05) is 18.2 Å². The maximum Gasteiger partial charge on any atom is 0.237 e. The van der Waals surface area contributed by atoms with E-state index in [0.29, 0.717) is 37.7 Å².